The number of aliphatic hydroxyl groups excluding tert-OH is 1. The molecule has 0 saturated carbocycles. The van der Waals surface area contributed by atoms with Crippen molar-refractivity contribution in [2.45, 2.75) is 18.9 Å². The van der Waals surface area contributed by atoms with Crippen LogP contribution in [-0.2, 0) is 12.8 Å². The largest absolute Gasteiger partial charge is 0.493 e. The number of rotatable bonds is 3. The zero-order chi connectivity index (χ0) is 15.0. The van der Waals surface area contributed by atoms with Gasteiger partial charge in [0.15, 0.2) is 0 Å². The van der Waals surface area contributed by atoms with Crippen molar-refractivity contribution in [2.24, 2.45) is 0 Å². The summed E-state index contributed by atoms with van der Waals surface area (Å²) >= 11 is 3.43. The van der Waals surface area contributed by atoms with Crippen LogP contribution in [0.15, 0.2) is 34.8 Å². The molecule has 5 heteroatoms. The number of benzene rings is 2. The molecule has 21 heavy (non-hydrogen) atoms. The van der Waals surface area contributed by atoms with E-state index in [1.165, 1.54) is 6.07 Å². The average Bonchev–Trinajstić information content (AvgIpc) is 2.86. The van der Waals surface area contributed by atoms with Crippen molar-refractivity contribution in [1.29, 1.82) is 0 Å². The fraction of sp³-hybridized carbons (Fsp3) is 0.250. The van der Waals surface area contributed by atoms with E-state index in [1.807, 2.05) is 12.1 Å². The van der Waals surface area contributed by atoms with Crippen LogP contribution in [0.25, 0.3) is 0 Å². The second kappa shape index (κ2) is 5.73. The summed E-state index contributed by atoms with van der Waals surface area (Å²) in [4.78, 5) is 0. The Morgan fingerprint density at radius 3 is 2.81 bits per heavy atom. The third-order valence-electron chi connectivity index (χ3n) is 3.56. The van der Waals surface area contributed by atoms with E-state index < -0.39 is 17.7 Å². The van der Waals surface area contributed by atoms with Gasteiger partial charge < -0.3 is 9.84 Å². The highest BCUT2D eigenvalue weighted by Gasteiger charge is 2.21. The van der Waals surface area contributed by atoms with Gasteiger partial charge in [-0.3, -0.25) is 0 Å². The van der Waals surface area contributed by atoms with Crippen LogP contribution >= 0.6 is 15.9 Å². The van der Waals surface area contributed by atoms with Crippen LogP contribution in [0.5, 0.6) is 5.75 Å². The molecule has 0 saturated heterocycles. The molecular formula is C16H13BrF2O2. The van der Waals surface area contributed by atoms with Crippen molar-refractivity contribution in [3.63, 3.8) is 0 Å². The van der Waals surface area contributed by atoms with E-state index in [-0.39, 0.29) is 12.0 Å². The van der Waals surface area contributed by atoms with Crippen LogP contribution < -0.4 is 4.74 Å². The zero-order valence-electron chi connectivity index (χ0n) is 11.1. The number of fused-ring (bicyclic) bond motifs is 1. The molecule has 2 nitrogen and oxygen atoms in total. The quantitative estimate of drug-likeness (QED) is 0.904. The fourth-order valence-corrected chi connectivity index (χ4v) is 3.14. The van der Waals surface area contributed by atoms with Crippen molar-refractivity contribution in [1.82, 2.24) is 0 Å². The third-order valence-corrected chi connectivity index (χ3v) is 4.02. The Kier molecular flexibility index (Phi) is 3.95. The Morgan fingerprint density at radius 1 is 1.24 bits per heavy atom. The van der Waals surface area contributed by atoms with E-state index in [9.17, 15) is 13.9 Å². The molecule has 0 radical (unpaired) electrons. The first-order chi connectivity index (χ1) is 10.0. The summed E-state index contributed by atoms with van der Waals surface area (Å²) in [5.41, 5.74) is 1.97. The molecule has 0 amide bonds. The molecule has 2 aromatic rings. The Morgan fingerprint density at radius 2 is 2.05 bits per heavy atom. The minimum atomic E-state index is -1.05. The normalized spacial score (nSPS) is 14.7. The number of halogens is 3. The molecule has 3 rings (SSSR count). The van der Waals surface area contributed by atoms with Crippen LogP contribution in [0.2, 0.25) is 0 Å². The first-order valence-electron chi connectivity index (χ1n) is 6.61. The molecule has 0 fully saturated rings. The highest BCUT2D eigenvalue weighted by molar-refractivity contribution is 9.10. The molecule has 2 aromatic carbocycles. The average molecular weight is 355 g/mol. The van der Waals surface area contributed by atoms with Gasteiger partial charge in [0.25, 0.3) is 0 Å². The van der Waals surface area contributed by atoms with Gasteiger partial charge in [0, 0.05) is 28.9 Å². The van der Waals surface area contributed by atoms with Crippen LogP contribution in [0.3, 0.4) is 0 Å². The van der Waals surface area contributed by atoms with Crippen LogP contribution in [0.4, 0.5) is 8.78 Å². The molecule has 0 aliphatic carbocycles. The van der Waals surface area contributed by atoms with Gasteiger partial charge in [0.2, 0.25) is 0 Å². The van der Waals surface area contributed by atoms with E-state index in [0.29, 0.717) is 6.61 Å². The van der Waals surface area contributed by atoms with Crippen molar-refractivity contribution in [3.05, 3.63) is 63.1 Å². The van der Waals surface area contributed by atoms with Crippen LogP contribution in [0, 0.1) is 11.6 Å². The van der Waals surface area contributed by atoms with Crippen molar-refractivity contribution < 1.29 is 18.6 Å². The van der Waals surface area contributed by atoms with E-state index in [0.717, 1.165) is 39.9 Å². The molecular weight excluding hydrogens is 342 g/mol. The van der Waals surface area contributed by atoms with Crippen LogP contribution in [0.1, 0.15) is 22.8 Å². The van der Waals surface area contributed by atoms with E-state index in [1.54, 1.807) is 0 Å². The summed E-state index contributed by atoms with van der Waals surface area (Å²) in [6.07, 6.45) is -0.0131. The lowest BCUT2D eigenvalue weighted by Crippen LogP contribution is -2.06. The summed E-state index contributed by atoms with van der Waals surface area (Å²) in [6.45, 7) is 0.611. The Hall–Kier alpha value is -1.46. The first kappa shape index (κ1) is 14.5. The molecule has 1 aliphatic rings. The standard InChI is InChI=1S/C16H13BrF2O2/c17-11-5-9-3-4-21-16(9)10(6-11)7-15(20)13-2-1-12(18)8-14(13)19/h1-2,5-6,8,15,20H,3-4,7H2. The Balaban J connectivity index is 1.90. The second-order valence-electron chi connectivity index (χ2n) is 5.04. The molecule has 0 aromatic heterocycles. The van der Waals surface area contributed by atoms with Crippen molar-refractivity contribution in [3.8, 4) is 5.75 Å². The van der Waals surface area contributed by atoms with Gasteiger partial charge in [0.1, 0.15) is 17.4 Å². The SMILES string of the molecule is OC(Cc1cc(Br)cc2c1OCC2)c1ccc(F)cc1F. The van der Waals surface area contributed by atoms with E-state index in [4.69, 9.17) is 4.74 Å². The molecule has 1 unspecified atom stereocenters. The Bertz CT molecular complexity index is 688. The predicted octanol–water partition coefficient (Wildman–Crippen LogP) is 3.94. The van der Waals surface area contributed by atoms with Gasteiger partial charge in [-0.25, -0.2) is 8.78 Å². The van der Waals surface area contributed by atoms with Gasteiger partial charge >= 0.3 is 0 Å². The van der Waals surface area contributed by atoms with Gasteiger partial charge in [-0.05, 0) is 29.3 Å². The van der Waals surface area contributed by atoms with Gasteiger partial charge in [0.05, 0.1) is 12.7 Å². The van der Waals surface area contributed by atoms with Crippen molar-refractivity contribution >= 4 is 15.9 Å². The highest BCUT2D eigenvalue weighted by atomic mass is 79.9. The summed E-state index contributed by atoms with van der Waals surface area (Å²) in [5, 5.41) is 10.2. The molecule has 1 heterocycles. The van der Waals surface area contributed by atoms with Crippen molar-refractivity contribution in [2.75, 3.05) is 6.61 Å². The van der Waals surface area contributed by atoms with Gasteiger partial charge in [-0.15, -0.1) is 0 Å². The monoisotopic (exact) mass is 354 g/mol. The van der Waals surface area contributed by atoms with E-state index in [2.05, 4.69) is 15.9 Å². The molecule has 1 N–H and O–H groups in total. The van der Waals surface area contributed by atoms with E-state index >= 15 is 0 Å². The number of aliphatic hydroxyl groups is 1. The lowest BCUT2D eigenvalue weighted by Gasteiger charge is -2.15. The van der Waals surface area contributed by atoms with Crippen LogP contribution in [-0.4, -0.2) is 11.7 Å². The lowest BCUT2D eigenvalue weighted by atomic mass is 9.98. The number of hydrogen-bond acceptors (Lipinski definition) is 2. The molecule has 110 valence electrons. The molecule has 1 aliphatic heterocycles. The zero-order valence-corrected chi connectivity index (χ0v) is 12.7. The summed E-state index contributed by atoms with van der Waals surface area (Å²) in [7, 11) is 0. The summed E-state index contributed by atoms with van der Waals surface area (Å²) < 4.78 is 33.1. The molecule has 0 bridgehead atoms. The molecule has 1 atom stereocenters. The maximum absolute atomic E-state index is 13.7. The minimum Gasteiger partial charge on any atom is -0.493 e. The number of ether oxygens (including phenoxy) is 1. The van der Waals surface area contributed by atoms with Gasteiger partial charge in [-0.1, -0.05) is 22.0 Å². The maximum atomic E-state index is 13.7. The second-order valence-corrected chi connectivity index (χ2v) is 5.95. The Labute approximate surface area is 129 Å². The fourth-order valence-electron chi connectivity index (χ4n) is 2.59. The highest BCUT2D eigenvalue weighted by Crippen LogP contribution is 2.35. The third kappa shape index (κ3) is 2.94. The first-order valence-corrected chi connectivity index (χ1v) is 7.41. The minimum absolute atomic E-state index is 0.0862. The molecule has 0 spiro atoms. The maximum Gasteiger partial charge on any atom is 0.131 e. The van der Waals surface area contributed by atoms with Gasteiger partial charge in [-0.2, -0.15) is 0 Å². The summed E-state index contributed by atoms with van der Waals surface area (Å²) in [6, 6.07) is 7.03. The lowest BCUT2D eigenvalue weighted by molar-refractivity contribution is 0.172. The predicted molar refractivity (Wildman–Crippen MR) is 78.4 cm³/mol. The smallest absolute Gasteiger partial charge is 0.131 e. The topological polar surface area (TPSA) is 29.5 Å². The summed E-state index contributed by atoms with van der Waals surface area (Å²) in [5.74, 6) is -0.634. The number of hydrogen-bond donors (Lipinski definition) is 1.